The molecule has 1 atom stereocenters. The molecule has 1 saturated heterocycles. The predicted octanol–water partition coefficient (Wildman–Crippen LogP) is 3.04. The van der Waals surface area contributed by atoms with Crippen LogP contribution in [-0.2, 0) is 11.2 Å². The number of likely N-dealkylation sites (tertiary alicyclic amines) is 1. The van der Waals surface area contributed by atoms with E-state index in [2.05, 4.69) is 10.5 Å². The Morgan fingerprint density at radius 1 is 1.32 bits per heavy atom. The molecule has 2 aromatic rings. The fourth-order valence-corrected chi connectivity index (χ4v) is 3.23. The highest BCUT2D eigenvalue weighted by atomic mass is 16.5. The van der Waals surface area contributed by atoms with Gasteiger partial charge in [-0.25, -0.2) is 0 Å². The highest BCUT2D eigenvalue weighted by Gasteiger charge is 2.31. The molecular formula is C19H23N3O3. The van der Waals surface area contributed by atoms with Gasteiger partial charge in [0.05, 0.1) is 11.6 Å². The second-order valence-corrected chi connectivity index (χ2v) is 6.36. The van der Waals surface area contributed by atoms with E-state index < -0.39 is 0 Å². The van der Waals surface area contributed by atoms with Crippen LogP contribution in [0.1, 0.15) is 41.6 Å². The van der Waals surface area contributed by atoms with Gasteiger partial charge in [-0.2, -0.15) is 0 Å². The van der Waals surface area contributed by atoms with Gasteiger partial charge >= 0.3 is 0 Å². The van der Waals surface area contributed by atoms with Crippen LogP contribution in [0.3, 0.4) is 0 Å². The van der Waals surface area contributed by atoms with Crippen LogP contribution >= 0.6 is 0 Å². The number of carbonyl (C=O) groups is 2. The first-order valence-corrected chi connectivity index (χ1v) is 8.70. The number of rotatable bonds is 4. The van der Waals surface area contributed by atoms with Crippen LogP contribution in [-0.4, -0.2) is 35.0 Å². The van der Waals surface area contributed by atoms with E-state index in [-0.39, 0.29) is 17.7 Å². The third kappa shape index (κ3) is 3.73. The molecular weight excluding hydrogens is 318 g/mol. The average molecular weight is 341 g/mol. The van der Waals surface area contributed by atoms with Crippen molar-refractivity contribution >= 4 is 17.5 Å². The Balaban J connectivity index is 1.69. The number of nitrogens with one attached hydrogen (secondary N) is 1. The third-order valence-electron chi connectivity index (χ3n) is 4.60. The largest absolute Gasteiger partial charge is 0.361 e. The van der Waals surface area contributed by atoms with Gasteiger partial charge in [0.25, 0.3) is 5.91 Å². The lowest BCUT2D eigenvalue weighted by Gasteiger charge is -2.32. The van der Waals surface area contributed by atoms with Crippen LogP contribution < -0.4 is 5.32 Å². The number of amides is 2. The molecule has 3 rings (SSSR count). The highest BCUT2D eigenvalue weighted by Crippen LogP contribution is 2.23. The van der Waals surface area contributed by atoms with Crippen LogP contribution in [0.4, 0.5) is 5.69 Å². The minimum Gasteiger partial charge on any atom is -0.361 e. The van der Waals surface area contributed by atoms with Crippen molar-refractivity contribution in [1.82, 2.24) is 10.1 Å². The molecule has 0 radical (unpaired) electrons. The summed E-state index contributed by atoms with van der Waals surface area (Å²) in [6, 6.07) is 9.39. The van der Waals surface area contributed by atoms with Crippen molar-refractivity contribution in [3.63, 3.8) is 0 Å². The number of piperidine rings is 1. The number of nitrogens with zero attached hydrogens (tertiary/aromatic N) is 2. The Kier molecular flexibility index (Phi) is 5.16. The molecule has 0 saturated carbocycles. The SMILES string of the molecule is CCc1noc(C)c1C(=O)N1CCCC(C(=O)Nc2ccccc2)C1. The van der Waals surface area contributed by atoms with E-state index in [0.717, 1.165) is 18.5 Å². The Labute approximate surface area is 147 Å². The van der Waals surface area contributed by atoms with Crippen molar-refractivity contribution in [3.8, 4) is 0 Å². The minimum atomic E-state index is -0.205. The summed E-state index contributed by atoms with van der Waals surface area (Å²) in [5.41, 5.74) is 2.00. The van der Waals surface area contributed by atoms with Gasteiger partial charge in [0.2, 0.25) is 5.91 Å². The molecule has 2 amide bonds. The summed E-state index contributed by atoms with van der Waals surface area (Å²) in [6.45, 7) is 4.77. The summed E-state index contributed by atoms with van der Waals surface area (Å²) >= 11 is 0. The molecule has 1 aliphatic heterocycles. The third-order valence-corrected chi connectivity index (χ3v) is 4.60. The first kappa shape index (κ1) is 17.2. The van der Waals surface area contributed by atoms with Gasteiger partial charge in [0.1, 0.15) is 11.3 Å². The molecule has 0 spiro atoms. The van der Waals surface area contributed by atoms with Crippen molar-refractivity contribution in [1.29, 1.82) is 0 Å². The maximum absolute atomic E-state index is 12.9. The summed E-state index contributed by atoms with van der Waals surface area (Å²) in [4.78, 5) is 27.2. The van der Waals surface area contributed by atoms with E-state index >= 15 is 0 Å². The fourth-order valence-electron chi connectivity index (χ4n) is 3.23. The predicted molar refractivity (Wildman–Crippen MR) is 94.3 cm³/mol. The fraction of sp³-hybridized carbons (Fsp3) is 0.421. The number of anilines is 1. The normalized spacial score (nSPS) is 17.4. The van der Waals surface area contributed by atoms with Gasteiger partial charge in [-0.1, -0.05) is 30.3 Å². The maximum Gasteiger partial charge on any atom is 0.259 e. The van der Waals surface area contributed by atoms with E-state index in [4.69, 9.17) is 4.52 Å². The lowest BCUT2D eigenvalue weighted by atomic mass is 9.96. The summed E-state index contributed by atoms with van der Waals surface area (Å²) in [5, 5.41) is 6.89. The summed E-state index contributed by atoms with van der Waals surface area (Å²) in [5.74, 6) is 0.204. The quantitative estimate of drug-likeness (QED) is 0.927. The number of hydrogen-bond acceptors (Lipinski definition) is 4. The molecule has 2 heterocycles. The molecule has 6 nitrogen and oxygen atoms in total. The van der Waals surface area contributed by atoms with Gasteiger partial charge in [0.15, 0.2) is 0 Å². The first-order chi connectivity index (χ1) is 12.1. The lowest BCUT2D eigenvalue weighted by molar-refractivity contribution is -0.121. The van der Waals surface area contributed by atoms with Crippen LogP contribution in [0.5, 0.6) is 0 Å². The molecule has 0 bridgehead atoms. The number of benzene rings is 1. The molecule has 1 unspecified atom stereocenters. The van der Waals surface area contributed by atoms with Crippen LogP contribution in [0, 0.1) is 12.8 Å². The van der Waals surface area contributed by atoms with E-state index in [1.807, 2.05) is 37.3 Å². The van der Waals surface area contributed by atoms with Gasteiger partial charge in [-0.05, 0) is 38.3 Å². The van der Waals surface area contributed by atoms with Crippen LogP contribution in [0.15, 0.2) is 34.9 Å². The van der Waals surface area contributed by atoms with E-state index in [1.54, 1.807) is 11.8 Å². The van der Waals surface area contributed by atoms with Crippen molar-refractivity contribution in [2.75, 3.05) is 18.4 Å². The molecule has 25 heavy (non-hydrogen) atoms. The summed E-state index contributed by atoms with van der Waals surface area (Å²) in [7, 11) is 0. The molecule has 1 fully saturated rings. The number of hydrogen-bond donors (Lipinski definition) is 1. The summed E-state index contributed by atoms with van der Waals surface area (Å²) < 4.78 is 5.18. The molecule has 1 aliphatic rings. The molecule has 1 aromatic carbocycles. The molecule has 6 heteroatoms. The van der Waals surface area contributed by atoms with E-state index in [1.165, 1.54) is 0 Å². The number of para-hydroxylation sites is 1. The summed E-state index contributed by atoms with van der Waals surface area (Å²) in [6.07, 6.45) is 2.24. The Bertz CT molecular complexity index is 755. The average Bonchev–Trinajstić information content (AvgIpc) is 3.02. The first-order valence-electron chi connectivity index (χ1n) is 8.70. The van der Waals surface area contributed by atoms with Crippen molar-refractivity contribution in [2.24, 2.45) is 5.92 Å². The van der Waals surface area contributed by atoms with Gasteiger partial charge in [0, 0.05) is 18.8 Å². The van der Waals surface area contributed by atoms with Crippen molar-refractivity contribution in [2.45, 2.75) is 33.1 Å². The van der Waals surface area contributed by atoms with Gasteiger partial charge in [-0.3, -0.25) is 9.59 Å². The number of aromatic nitrogens is 1. The number of carbonyl (C=O) groups excluding carboxylic acids is 2. The monoisotopic (exact) mass is 341 g/mol. The van der Waals surface area contributed by atoms with Crippen LogP contribution in [0.25, 0.3) is 0 Å². The van der Waals surface area contributed by atoms with Gasteiger partial charge < -0.3 is 14.7 Å². The second kappa shape index (κ2) is 7.51. The Hall–Kier alpha value is -2.63. The zero-order valence-corrected chi connectivity index (χ0v) is 14.6. The zero-order valence-electron chi connectivity index (χ0n) is 14.6. The van der Waals surface area contributed by atoms with Gasteiger partial charge in [-0.15, -0.1) is 0 Å². The standard InChI is InChI=1S/C19H23N3O3/c1-3-16-17(13(2)25-21-16)19(24)22-11-7-8-14(12-22)18(23)20-15-9-5-4-6-10-15/h4-6,9-10,14H,3,7-8,11-12H2,1-2H3,(H,20,23). The Morgan fingerprint density at radius 3 is 2.80 bits per heavy atom. The Morgan fingerprint density at radius 2 is 2.08 bits per heavy atom. The van der Waals surface area contributed by atoms with Crippen molar-refractivity contribution in [3.05, 3.63) is 47.3 Å². The molecule has 1 N–H and O–H groups in total. The lowest BCUT2D eigenvalue weighted by Crippen LogP contribution is -2.44. The van der Waals surface area contributed by atoms with Crippen LogP contribution in [0.2, 0.25) is 0 Å². The molecule has 0 aliphatic carbocycles. The zero-order chi connectivity index (χ0) is 17.8. The maximum atomic E-state index is 12.9. The van der Waals surface area contributed by atoms with E-state index in [9.17, 15) is 9.59 Å². The molecule has 1 aromatic heterocycles. The second-order valence-electron chi connectivity index (χ2n) is 6.36. The molecule has 132 valence electrons. The topological polar surface area (TPSA) is 75.4 Å². The minimum absolute atomic E-state index is 0.0403. The number of aryl methyl sites for hydroxylation is 2. The smallest absolute Gasteiger partial charge is 0.259 e. The van der Waals surface area contributed by atoms with Crippen molar-refractivity contribution < 1.29 is 14.1 Å². The van der Waals surface area contributed by atoms with E-state index in [0.29, 0.717) is 36.5 Å². The highest BCUT2D eigenvalue weighted by molar-refractivity contribution is 5.97.